The van der Waals surface area contributed by atoms with Gasteiger partial charge in [0.1, 0.15) is 5.82 Å². The van der Waals surface area contributed by atoms with Crippen molar-refractivity contribution in [1.82, 2.24) is 40.2 Å². The van der Waals surface area contributed by atoms with Crippen LogP contribution in [-0.2, 0) is 6.42 Å². The molecule has 0 bridgehead atoms. The molecule has 2 N–H and O–H groups in total. The minimum absolute atomic E-state index is 0.000703. The van der Waals surface area contributed by atoms with Crippen LogP contribution in [0.15, 0.2) is 67.3 Å². The van der Waals surface area contributed by atoms with Crippen LogP contribution in [-0.4, -0.2) is 66.6 Å². The fraction of sp³-hybridized carbons (Fsp3) is 0.370. The summed E-state index contributed by atoms with van der Waals surface area (Å²) in [4.78, 5) is 15.3. The first-order chi connectivity index (χ1) is 18.5. The van der Waals surface area contributed by atoms with Crippen LogP contribution in [0.3, 0.4) is 0 Å². The Bertz CT molecular complexity index is 1260. The second-order valence-corrected chi connectivity index (χ2v) is 9.86. The monoisotopic (exact) mass is 517 g/mol. The molecule has 3 heterocycles. The zero-order valence-electron chi connectivity index (χ0n) is 21.4. The van der Waals surface area contributed by atoms with E-state index >= 15 is 0 Å². The van der Waals surface area contributed by atoms with Crippen molar-refractivity contribution < 1.29 is 9.18 Å². The molecule has 0 unspecified atom stereocenters. The van der Waals surface area contributed by atoms with Gasteiger partial charge >= 0.3 is 6.03 Å². The second-order valence-electron chi connectivity index (χ2n) is 9.86. The minimum atomic E-state index is -0.273. The minimum Gasteiger partial charge on any atom is -0.335 e. The third kappa shape index (κ3) is 6.80. The Kier molecular flexibility index (Phi) is 8.03. The number of nitrogens with zero attached hydrogens (tertiary/aromatic N) is 7. The number of likely N-dealkylation sites (tertiary alicyclic amines) is 1. The van der Waals surface area contributed by atoms with E-state index < -0.39 is 0 Å². The summed E-state index contributed by atoms with van der Waals surface area (Å²) in [5.41, 5.74) is 3.26. The largest absolute Gasteiger partial charge is 0.335 e. The van der Waals surface area contributed by atoms with Gasteiger partial charge in [-0.15, -0.1) is 10.2 Å². The Hall–Kier alpha value is -4.12. The predicted molar refractivity (Wildman–Crippen MR) is 142 cm³/mol. The number of halogens is 1. The first-order valence-corrected chi connectivity index (χ1v) is 12.9. The Morgan fingerprint density at radius 1 is 1.05 bits per heavy atom. The lowest BCUT2D eigenvalue weighted by atomic mass is 9.91. The van der Waals surface area contributed by atoms with Crippen LogP contribution in [0.25, 0.3) is 11.4 Å². The molecule has 1 aliphatic heterocycles. The van der Waals surface area contributed by atoms with E-state index in [1.807, 2.05) is 37.3 Å². The SMILES string of the molecule is C[C@H](CCN1CCC[C@@H](Cc2ccc(F)cc2)C1)NC(=O)Nc1cc(-n2ccnn2)cc(-n2ccnn2)c1. The molecule has 1 saturated heterocycles. The van der Waals surface area contributed by atoms with E-state index in [1.165, 1.54) is 24.1 Å². The number of nitrogens with one attached hydrogen (secondary N) is 2. The summed E-state index contributed by atoms with van der Waals surface area (Å²) in [6, 6.07) is 12.1. The molecule has 1 fully saturated rings. The third-order valence-corrected chi connectivity index (χ3v) is 6.83. The molecule has 11 heteroatoms. The zero-order valence-corrected chi connectivity index (χ0v) is 21.4. The van der Waals surface area contributed by atoms with Gasteiger partial charge in [-0.1, -0.05) is 22.6 Å². The first-order valence-electron chi connectivity index (χ1n) is 12.9. The maximum atomic E-state index is 13.2. The fourth-order valence-electron chi connectivity index (χ4n) is 4.94. The average Bonchev–Trinajstić information content (AvgIpc) is 3.64. The topological polar surface area (TPSA) is 106 Å². The van der Waals surface area contributed by atoms with Gasteiger partial charge in [-0.25, -0.2) is 18.5 Å². The van der Waals surface area contributed by atoms with Crippen molar-refractivity contribution in [3.63, 3.8) is 0 Å². The Morgan fingerprint density at radius 3 is 2.37 bits per heavy atom. The number of carbonyl (C=O) groups excluding carboxylic acids is 1. The van der Waals surface area contributed by atoms with Crippen molar-refractivity contribution in [2.75, 3.05) is 25.0 Å². The third-order valence-electron chi connectivity index (χ3n) is 6.83. The second kappa shape index (κ2) is 12.0. The van der Waals surface area contributed by atoms with Crippen LogP contribution in [0.1, 0.15) is 31.7 Å². The Labute approximate surface area is 220 Å². The average molecular weight is 518 g/mol. The number of anilines is 1. The summed E-state index contributed by atoms with van der Waals surface area (Å²) in [7, 11) is 0. The van der Waals surface area contributed by atoms with Gasteiger partial charge in [0, 0.05) is 24.8 Å². The molecule has 1 aliphatic rings. The number of hydrogen-bond donors (Lipinski definition) is 2. The molecule has 10 nitrogen and oxygen atoms in total. The molecule has 2 aromatic heterocycles. The molecule has 2 aromatic carbocycles. The lowest BCUT2D eigenvalue weighted by Gasteiger charge is -2.33. The Morgan fingerprint density at radius 2 is 1.74 bits per heavy atom. The maximum absolute atomic E-state index is 13.2. The number of rotatable bonds is 9. The highest BCUT2D eigenvalue weighted by atomic mass is 19.1. The number of urea groups is 1. The lowest BCUT2D eigenvalue weighted by Crippen LogP contribution is -2.41. The van der Waals surface area contributed by atoms with E-state index in [9.17, 15) is 9.18 Å². The lowest BCUT2D eigenvalue weighted by molar-refractivity contribution is 0.168. The number of aromatic nitrogens is 6. The van der Waals surface area contributed by atoms with E-state index in [2.05, 4.69) is 36.2 Å². The molecule has 2 atom stereocenters. The van der Waals surface area contributed by atoms with E-state index in [4.69, 9.17) is 0 Å². The van der Waals surface area contributed by atoms with E-state index in [0.717, 1.165) is 50.3 Å². The molecule has 198 valence electrons. The number of benzene rings is 2. The standard InChI is InChI=1S/C27H32FN9O/c1-20(8-12-35-11-2-3-22(19-35)15-21-4-6-23(28)7-5-21)31-27(38)32-24-16-25(36-13-9-29-33-36)18-26(17-24)37-14-10-30-34-37/h4-7,9-10,13-14,16-18,20,22H,2-3,8,11-12,15,19H2,1H3,(H2,31,32,38)/t20-,22+/m1/s1. The van der Waals surface area contributed by atoms with Crippen LogP contribution >= 0.6 is 0 Å². The molecule has 5 rings (SSSR count). The van der Waals surface area contributed by atoms with Gasteiger partial charge in [0.15, 0.2) is 0 Å². The molecule has 2 amide bonds. The molecule has 38 heavy (non-hydrogen) atoms. The highest BCUT2D eigenvalue weighted by Gasteiger charge is 2.21. The van der Waals surface area contributed by atoms with Crippen molar-refractivity contribution in [3.8, 4) is 11.4 Å². The van der Waals surface area contributed by atoms with Gasteiger partial charge in [-0.05, 0) is 81.0 Å². The van der Waals surface area contributed by atoms with Crippen LogP contribution in [0.4, 0.5) is 14.9 Å². The predicted octanol–water partition coefficient (Wildman–Crippen LogP) is 3.84. The van der Waals surface area contributed by atoms with Crippen LogP contribution in [0, 0.1) is 11.7 Å². The van der Waals surface area contributed by atoms with Crippen molar-refractivity contribution in [2.24, 2.45) is 5.92 Å². The van der Waals surface area contributed by atoms with E-state index in [1.54, 1.807) is 34.2 Å². The Balaban J connectivity index is 1.13. The van der Waals surface area contributed by atoms with Gasteiger partial charge in [-0.3, -0.25) is 0 Å². The smallest absolute Gasteiger partial charge is 0.319 e. The zero-order chi connectivity index (χ0) is 26.3. The van der Waals surface area contributed by atoms with Crippen molar-refractivity contribution in [3.05, 3.63) is 78.6 Å². The maximum Gasteiger partial charge on any atom is 0.319 e. The van der Waals surface area contributed by atoms with Crippen molar-refractivity contribution in [2.45, 2.75) is 38.6 Å². The number of hydrogen-bond acceptors (Lipinski definition) is 6. The summed E-state index contributed by atoms with van der Waals surface area (Å²) in [6.07, 6.45) is 10.8. The highest BCUT2D eigenvalue weighted by molar-refractivity contribution is 5.90. The molecular weight excluding hydrogens is 485 g/mol. The summed E-state index contributed by atoms with van der Waals surface area (Å²) in [5, 5.41) is 21.8. The molecule has 0 radical (unpaired) electrons. The molecule has 0 spiro atoms. The highest BCUT2D eigenvalue weighted by Crippen LogP contribution is 2.22. The van der Waals surface area contributed by atoms with Crippen LogP contribution in [0.5, 0.6) is 0 Å². The summed E-state index contributed by atoms with van der Waals surface area (Å²) in [6.45, 7) is 5.03. The molecule has 0 saturated carbocycles. The summed E-state index contributed by atoms with van der Waals surface area (Å²) < 4.78 is 16.5. The van der Waals surface area contributed by atoms with Gasteiger partial charge in [0.25, 0.3) is 0 Å². The van der Waals surface area contributed by atoms with Crippen LogP contribution in [0.2, 0.25) is 0 Å². The van der Waals surface area contributed by atoms with Gasteiger partial charge in [0.05, 0.1) is 36.2 Å². The number of carbonyl (C=O) groups is 1. The van der Waals surface area contributed by atoms with E-state index in [-0.39, 0.29) is 17.9 Å². The first kappa shape index (κ1) is 25.5. The van der Waals surface area contributed by atoms with Crippen molar-refractivity contribution in [1.29, 1.82) is 0 Å². The number of piperidine rings is 1. The van der Waals surface area contributed by atoms with Gasteiger partial charge in [0.2, 0.25) is 0 Å². The van der Waals surface area contributed by atoms with Gasteiger partial charge in [-0.2, -0.15) is 0 Å². The normalized spacial score (nSPS) is 16.7. The molecule has 4 aromatic rings. The number of amides is 2. The summed E-state index contributed by atoms with van der Waals surface area (Å²) in [5.74, 6) is 0.375. The van der Waals surface area contributed by atoms with Crippen molar-refractivity contribution >= 4 is 11.7 Å². The van der Waals surface area contributed by atoms with Crippen LogP contribution < -0.4 is 10.6 Å². The van der Waals surface area contributed by atoms with Gasteiger partial charge < -0.3 is 15.5 Å². The molecular formula is C27H32FN9O. The molecule has 0 aliphatic carbocycles. The quantitative estimate of drug-likeness (QED) is 0.350. The fourth-order valence-corrected chi connectivity index (χ4v) is 4.94. The van der Waals surface area contributed by atoms with E-state index in [0.29, 0.717) is 11.6 Å². The summed E-state index contributed by atoms with van der Waals surface area (Å²) >= 11 is 0.